The Kier molecular flexibility index (Phi) is 9.03. The predicted octanol–water partition coefficient (Wildman–Crippen LogP) is 3.87. The number of hydrogen-bond donors (Lipinski definition) is 3. The molecule has 10 heteroatoms. The zero-order chi connectivity index (χ0) is 24.5. The standard InChI is InChI=1S/C24H26FN3O5S/c1-15(22(30)28-24(32)27-17-6-2-3-7-17)33-23(31)19-8-4-5-9-20(19)34-14-21(29)26-18-12-10-16(25)11-13-18/h4-5,8-13,15,17H,2-3,6-7,14H2,1H3,(H,26,29)(H2,27,28,30,32). The van der Waals surface area contributed by atoms with E-state index < -0.39 is 29.8 Å². The molecular weight excluding hydrogens is 461 g/mol. The van der Waals surface area contributed by atoms with Gasteiger partial charge in [-0.15, -0.1) is 11.8 Å². The van der Waals surface area contributed by atoms with Crippen LogP contribution in [0.3, 0.4) is 0 Å². The Hall–Kier alpha value is -3.40. The average molecular weight is 488 g/mol. The van der Waals surface area contributed by atoms with Crippen LogP contribution in [-0.2, 0) is 14.3 Å². The molecule has 8 nitrogen and oxygen atoms in total. The van der Waals surface area contributed by atoms with Crippen LogP contribution in [0.2, 0.25) is 0 Å². The van der Waals surface area contributed by atoms with Crippen LogP contribution in [0.5, 0.6) is 0 Å². The van der Waals surface area contributed by atoms with Gasteiger partial charge < -0.3 is 15.4 Å². The van der Waals surface area contributed by atoms with Crippen LogP contribution >= 0.6 is 11.8 Å². The molecule has 1 aliphatic carbocycles. The van der Waals surface area contributed by atoms with Crippen molar-refractivity contribution < 1.29 is 28.3 Å². The van der Waals surface area contributed by atoms with Gasteiger partial charge in [0.2, 0.25) is 5.91 Å². The molecule has 2 aromatic rings. The molecule has 0 saturated heterocycles. The minimum atomic E-state index is -1.19. The van der Waals surface area contributed by atoms with Gasteiger partial charge in [0.15, 0.2) is 6.10 Å². The lowest BCUT2D eigenvalue weighted by Gasteiger charge is -2.16. The van der Waals surface area contributed by atoms with Crippen LogP contribution in [0.1, 0.15) is 43.0 Å². The molecule has 1 unspecified atom stereocenters. The van der Waals surface area contributed by atoms with Gasteiger partial charge in [0.25, 0.3) is 5.91 Å². The summed E-state index contributed by atoms with van der Waals surface area (Å²) in [4.78, 5) is 49.6. The summed E-state index contributed by atoms with van der Waals surface area (Å²) in [5, 5.41) is 7.58. The molecule has 0 aromatic heterocycles. The van der Waals surface area contributed by atoms with E-state index in [2.05, 4.69) is 16.0 Å². The molecule has 180 valence electrons. The smallest absolute Gasteiger partial charge is 0.340 e. The van der Waals surface area contributed by atoms with E-state index in [4.69, 9.17) is 4.74 Å². The quantitative estimate of drug-likeness (QED) is 0.385. The fourth-order valence-corrected chi connectivity index (χ4v) is 4.26. The number of halogens is 1. The number of ether oxygens (including phenoxy) is 1. The lowest BCUT2D eigenvalue weighted by atomic mass is 10.2. The number of anilines is 1. The van der Waals surface area contributed by atoms with Gasteiger partial charge in [0.05, 0.1) is 11.3 Å². The van der Waals surface area contributed by atoms with E-state index in [0.29, 0.717) is 10.6 Å². The normalized spacial score (nSPS) is 14.2. The highest BCUT2D eigenvalue weighted by Gasteiger charge is 2.24. The minimum Gasteiger partial charge on any atom is -0.449 e. The van der Waals surface area contributed by atoms with Crippen molar-refractivity contribution in [2.24, 2.45) is 0 Å². The fraction of sp³-hybridized carbons (Fsp3) is 0.333. The maximum absolute atomic E-state index is 13.0. The van der Waals surface area contributed by atoms with Gasteiger partial charge in [-0.2, -0.15) is 0 Å². The van der Waals surface area contributed by atoms with Crippen LogP contribution in [0.25, 0.3) is 0 Å². The molecule has 1 atom stereocenters. The topological polar surface area (TPSA) is 114 Å². The third-order valence-corrected chi connectivity index (χ3v) is 6.25. The lowest BCUT2D eigenvalue weighted by molar-refractivity contribution is -0.128. The lowest BCUT2D eigenvalue weighted by Crippen LogP contribution is -2.47. The first-order valence-corrected chi connectivity index (χ1v) is 11.9. The van der Waals surface area contributed by atoms with Gasteiger partial charge in [-0.3, -0.25) is 14.9 Å². The largest absolute Gasteiger partial charge is 0.449 e. The van der Waals surface area contributed by atoms with E-state index in [9.17, 15) is 23.6 Å². The minimum absolute atomic E-state index is 0.000945. The van der Waals surface area contributed by atoms with Crippen molar-refractivity contribution in [2.75, 3.05) is 11.1 Å². The van der Waals surface area contributed by atoms with E-state index >= 15 is 0 Å². The highest BCUT2D eigenvalue weighted by molar-refractivity contribution is 8.00. The summed E-state index contributed by atoms with van der Waals surface area (Å²) in [6.45, 7) is 1.38. The van der Waals surface area contributed by atoms with E-state index in [-0.39, 0.29) is 23.3 Å². The fourth-order valence-electron chi connectivity index (χ4n) is 3.42. The summed E-state index contributed by atoms with van der Waals surface area (Å²) in [7, 11) is 0. The summed E-state index contributed by atoms with van der Waals surface area (Å²) < 4.78 is 18.2. The number of urea groups is 1. The number of thioether (sulfide) groups is 1. The van der Waals surface area contributed by atoms with Crippen LogP contribution in [0.4, 0.5) is 14.9 Å². The summed E-state index contributed by atoms with van der Waals surface area (Å²) in [5.74, 6) is -2.22. The third-order valence-electron chi connectivity index (χ3n) is 5.17. The van der Waals surface area contributed by atoms with Gasteiger partial charge in [0, 0.05) is 16.6 Å². The first-order chi connectivity index (χ1) is 16.3. The maximum Gasteiger partial charge on any atom is 0.340 e. The van der Waals surface area contributed by atoms with Crippen molar-refractivity contribution in [2.45, 2.75) is 49.6 Å². The van der Waals surface area contributed by atoms with E-state index in [1.807, 2.05) is 0 Å². The summed E-state index contributed by atoms with van der Waals surface area (Å²) in [5.41, 5.74) is 0.647. The Bertz CT molecular complexity index is 1040. The van der Waals surface area contributed by atoms with Gasteiger partial charge in [0.1, 0.15) is 5.82 Å². The highest BCUT2D eigenvalue weighted by atomic mass is 32.2. The maximum atomic E-state index is 13.0. The van der Waals surface area contributed by atoms with Crippen molar-refractivity contribution in [3.05, 3.63) is 59.9 Å². The Morgan fingerprint density at radius 1 is 1.06 bits per heavy atom. The van der Waals surface area contributed by atoms with Crippen molar-refractivity contribution in [1.82, 2.24) is 10.6 Å². The second-order valence-electron chi connectivity index (χ2n) is 7.83. The molecule has 1 saturated carbocycles. The van der Waals surface area contributed by atoms with Crippen LogP contribution in [0.15, 0.2) is 53.4 Å². The zero-order valence-corrected chi connectivity index (χ0v) is 19.5. The number of benzene rings is 2. The second-order valence-corrected chi connectivity index (χ2v) is 8.85. The SMILES string of the molecule is CC(OC(=O)c1ccccc1SCC(=O)Nc1ccc(F)cc1)C(=O)NC(=O)NC1CCCC1. The van der Waals surface area contributed by atoms with Crippen molar-refractivity contribution in [1.29, 1.82) is 0 Å². The molecule has 0 radical (unpaired) electrons. The van der Waals surface area contributed by atoms with Gasteiger partial charge >= 0.3 is 12.0 Å². The first kappa shape index (κ1) is 25.2. The molecule has 0 spiro atoms. The molecular formula is C24H26FN3O5S. The molecule has 3 rings (SSSR count). The first-order valence-electron chi connectivity index (χ1n) is 10.9. The number of carbonyl (C=O) groups excluding carboxylic acids is 4. The number of rotatable bonds is 8. The number of esters is 1. The molecule has 34 heavy (non-hydrogen) atoms. The molecule has 0 aliphatic heterocycles. The number of hydrogen-bond acceptors (Lipinski definition) is 6. The molecule has 2 aromatic carbocycles. The second kappa shape index (κ2) is 12.2. The Morgan fingerprint density at radius 3 is 2.44 bits per heavy atom. The molecule has 1 aliphatic rings. The summed E-state index contributed by atoms with van der Waals surface area (Å²) >= 11 is 1.12. The van der Waals surface area contributed by atoms with E-state index in [1.54, 1.807) is 18.2 Å². The van der Waals surface area contributed by atoms with Gasteiger partial charge in [-0.1, -0.05) is 25.0 Å². The Balaban J connectivity index is 1.51. The number of nitrogens with one attached hydrogen (secondary N) is 3. The predicted molar refractivity (Wildman–Crippen MR) is 126 cm³/mol. The Labute approximate surface area is 201 Å². The van der Waals surface area contributed by atoms with Gasteiger partial charge in [-0.25, -0.2) is 14.0 Å². The number of amides is 4. The Morgan fingerprint density at radius 2 is 1.74 bits per heavy atom. The molecule has 0 heterocycles. The van der Waals surface area contributed by atoms with Crippen molar-refractivity contribution in [3.63, 3.8) is 0 Å². The summed E-state index contributed by atoms with van der Waals surface area (Å²) in [6, 6.07) is 11.4. The highest BCUT2D eigenvalue weighted by Crippen LogP contribution is 2.24. The van der Waals surface area contributed by atoms with Crippen LogP contribution in [0, 0.1) is 5.82 Å². The molecule has 1 fully saturated rings. The van der Waals surface area contributed by atoms with E-state index in [1.165, 1.54) is 37.3 Å². The third kappa shape index (κ3) is 7.58. The van der Waals surface area contributed by atoms with Gasteiger partial charge in [-0.05, 0) is 56.2 Å². The van der Waals surface area contributed by atoms with E-state index in [0.717, 1.165) is 37.4 Å². The monoisotopic (exact) mass is 487 g/mol. The van der Waals surface area contributed by atoms with Crippen LogP contribution in [-0.4, -0.2) is 41.7 Å². The molecule has 4 amide bonds. The molecule has 3 N–H and O–H groups in total. The van der Waals surface area contributed by atoms with Crippen LogP contribution < -0.4 is 16.0 Å². The number of carbonyl (C=O) groups is 4. The zero-order valence-electron chi connectivity index (χ0n) is 18.6. The number of imide groups is 1. The average Bonchev–Trinajstić information content (AvgIpc) is 3.32. The van der Waals surface area contributed by atoms with Crippen molar-refractivity contribution in [3.8, 4) is 0 Å². The van der Waals surface area contributed by atoms with Crippen molar-refractivity contribution >= 4 is 41.3 Å². The molecule has 0 bridgehead atoms. The summed E-state index contributed by atoms with van der Waals surface area (Å²) in [6.07, 6.45) is 2.64.